The lowest BCUT2D eigenvalue weighted by molar-refractivity contribution is 0.102. The van der Waals surface area contributed by atoms with Crippen LogP contribution >= 0.6 is 0 Å². The van der Waals surface area contributed by atoms with E-state index in [4.69, 9.17) is 5.73 Å². The Balaban J connectivity index is 2.21. The molecule has 0 saturated carbocycles. The van der Waals surface area contributed by atoms with Crippen LogP contribution in [0, 0.1) is 13.8 Å². The third-order valence-corrected chi connectivity index (χ3v) is 2.80. The summed E-state index contributed by atoms with van der Waals surface area (Å²) < 4.78 is 0. The number of anilines is 2. The fraction of sp³-hybridized carbons (Fsp3) is 0.154. The Hall–Kier alpha value is -2.23. The lowest BCUT2D eigenvalue weighted by Crippen LogP contribution is -2.13. The van der Waals surface area contributed by atoms with Gasteiger partial charge in [-0.05, 0) is 37.1 Å². The number of amides is 1. The van der Waals surface area contributed by atoms with Gasteiger partial charge in [0.25, 0.3) is 5.91 Å². The summed E-state index contributed by atoms with van der Waals surface area (Å²) in [7, 11) is 0. The van der Waals surface area contributed by atoms with Crippen molar-refractivity contribution in [2.45, 2.75) is 13.8 Å². The lowest BCUT2D eigenvalue weighted by Gasteiger charge is -2.09. The van der Waals surface area contributed by atoms with Gasteiger partial charge in [-0.15, -0.1) is 0 Å². The second-order valence-corrected chi connectivity index (χ2v) is 4.05. The van der Waals surface area contributed by atoms with Crippen LogP contribution in [0.25, 0.3) is 0 Å². The molecule has 0 radical (unpaired) electrons. The van der Waals surface area contributed by atoms with Gasteiger partial charge in [0.15, 0.2) is 0 Å². The van der Waals surface area contributed by atoms with Gasteiger partial charge in [0.1, 0.15) is 5.69 Å². The van der Waals surface area contributed by atoms with E-state index >= 15 is 0 Å². The normalized spacial score (nSPS) is 10.2. The highest BCUT2D eigenvalue weighted by atomic mass is 16.1. The molecular weight excluding hydrogens is 214 g/mol. The molecule has 88 valence electrons. The maximum atomic E-state index is 11.9. The predicted molar refractivity (Wildman–Crippen MR) is 69.1 cm³/mol. The van der Waals surface area contributed by atoms with Crippen LogP contribution in [0.15, 0.2) is 30.5 Å². The minimum Gasteiger partial charge on any atom is -0.397 e. The largest absolute Gasteiger partial charge is 0.397 e. The average molecular weight is 229 g/mol. The van der Waals surface area contributed by atoms with Gasteiger partial charge in [0, 0.05) is 17.6 Å². The predicted octanol–water partition coefficient (Wildman–Crippen LogP) is 2.47. The van der Waals surface area contributed by atoms with E-state index in [-0.39, 0.29) is 5.91 Å². The number of aromatic amines is 1. The average Bonchev–Trinajstić information content (AvgIpc) is 2.72. The molecule has 4 heteroatoms. The maximum Gasteiger partial charge on any atom is 0.272 e. The van der Waals surface area contributed by atoms with Crippen molar-refractivity contribution < 1.29 is 4.79 Å². The number of nitrogens with one attached hydrogen (secondary N) is 2. The minimum absolute atomic E-state index is 0.185. The Labute approximate surface area is 99.8 Å². The zero-order valence-electron chi connectivity index (χ0n) is 9.87. The van der Waals surface area contributed by atoms with Crippen LogP contribution in [0.5, 0.6) is 0 Å². The van der Waals surface area contributed by atoms with E-state index in [0.29, 0.717) is 11.4 Å². The first kappa shape index (κ1) is 11.3. The van der Waals surface area contributed by atoms with Crippen LogP contribution in [-0.4, -0.2) is 10.9 Å². The number of hydrogen-bond donors (Lipinski definition) is 3. The molecule has 1 aromatic heterocycles. The van der Waals surface area contributed by atoms with Crippen molar-refractivity contribution in [2.75, 3.05) is 11.1 Å². The monoisotopic (exact) mass is 229 g/mol. The topological polar surface area (TPSA) is 70.9 Å². The highest BCUT2D eigenvalue weighted by Gasteiger charge is 2.09. The molecule has 17 heavy (non-hydrogen) atoms. The molecule has 1 heterocycles. The van der Waals surface area contributed by atoms with Gasteiger partial charge in [-0.3, -0.25) is 4.79 Å². The van der Waals surface area contributed by atoms with Crippen LogP contribution in [0.2, 0.25) is 0 Å². The number of nitrogens with two attached hydrogens (primary N) is 1. The van der Waals surface area contributed by atoms with E-state index in [1.165, 1.54) is 0 Å². The molecule has 0 bridgehead atoms. The van der Waals surface area contributed by atoms with Gasteiger partial charge in [0.05, 0.1) is 0 Å². The summed E-state index contributed by atoms with van der Waals surface area (Å²) in [6, 6.07) is 7.42. The van der Waals surface area contributed by atoms with Gasteiger partial charge in [0.2, 0.25) is 0 Å². The lowest BCUT2D eigenvalue weighted by atomic mass is 10.1. The van der Waals surface area contributed by atoms with Crippen molar-refractivity contribution in [1.82, 2.24) is 4.98 Å². The molecule has 2 rings (SSSR count). The Morgan fingerprint density at radius 3 is 2.76 bits per heavy atom. The van der Waals surface area contributed by atoms with Gasteiger partial charge < -0.3 is 16.0 Å². The number of nitrogen functional groups attached to an aromatic ring is 1. The number of hydrogen-bond acceptors (Lipinski definition) is 2. The van der Waals surface area contributed by atoms with Crippen LogP contribution < -0.4 is 11.1 Å². The number of rotatable bonds is 2. The Morgan fingerprint density at radius 2 is 2.12 bits per heavy atom. The number of H-pyrrole nitrogens is 1. The summed E-state index contributed by atoms with van der Waals surface area (Å²) >= 11 is 0. The molecule has 0 unspecified atom stereocenters. The summed E-state index contributed by atoms with van der Waals surface area (Å²) in [6.45, 7) is 3.99. The molecule has 1 aromatic carbocycles. The zero-order chi connectivity index (χ0) is 12.4. The van der Waals surface area contributed by atoms with Gasteiger partial charge in [-0.25, -0.2) is 0 Å². The summed E-state index contributed by atoms with van der Waals surface area (Å²) in [5.74, 6) is -0.185. The third kappa shape index (κ3) is 2.30. The fourth-order valence-corrected chi connectivity index (χ4v) is 1.62. The molecule has 2 aromatic rings. The van der Waals surface area contributed by atoms with Crippen LogP contribution in [0.1, 0.15) is 21.6 Å². The van der Waals surface area contributed by atoms with Crippen LogP contribution in [0.4, 0.5) is 11.4 Å². The molecule has 0 fully saturated rings. The number of carbonyl (C=O) groups excluding carboxylic acids is 1. The first-order valence-corrected chi connectivity index (χ1v) is 5.39. The molecule has 0 saturated heterocycles. The molecule has 0 aliphatic carbocycles. The van der Waals surface area contributed by atoms with Gasteiger partial charge >= 0.3 is 0 Å². The van der Waals surface area contributed by atoms with E-state index in [0.717, 1.165) is 16.8 Å². The van der Waals surface area contributed by atoms with Crippen molar-refractivity contribution in [3.63, 3.8) is 0 Å². The van der Waals surface area contributed by atoms with Crippen molar-refractivity contribution in [3.05, 3.63) is 47.3 Å². The Morgan fingerprint density at radius 1 is 1.35 bits per heavy atom. The number of aryl methyl sites for hydroxylation is 1. The first-order chi connectivity index (χ1) is 8.08. The van der Waals surface area contributed by atoms with E-state index in [9.17, 15) is 4.79 Å². The Kier molecular flexibility index (Phi) is 2.87. The van der Waals surface area contributed by atoms with Crippen molar-refractivity contribution >= 4 is 17.3 Å². The SMILES string of the molecule is Cc1cccc(NC(=O)c2cc(N)c[nH]2)c1C. The fourth-order valence-electron chi connectivity index (χ4n) is 1.62. The van der Waals surface area contributed by atoms with Crippen LogP contribution in [0.3, 0.4) is 0 Å². The number of benzene rings is 1. The summed E-state index contributed by atoms with van der Waals surface area (Å²) in [5.41, 5.74) is 9.61. The molecule has 1 amide bonds. The number of carbonyl (C=O) groups is 1. The minimum atomic E-state index is -0.185. The van der Waals surface area contributed by atoms with E-state index in [1.807, 2.05) is 32.0 Å². The molecule has 0 aliphatic rings. The van der Waals surface area contributed by atoms with Crippen molar-refractivity contribution in [1.29, 1.82) is 0 Å². The second kappa shape index (κ2) is 4.33. The first-order valence-electron chi connectivity index (χ1n) is 5.39. The van der Waals surface area contributed by atoms with E-state index < -0.39 is 0 Å². The third-order valence-electron chi connectivity index (χ3n) is 2.80. The molecule has 0 aliphatic heterocycles. The van der Waals surface area contributed by atoms with Gasteiger partial charge in [-0.1, -0.05) is 12.1 Å². The van der Waals surface area contributed by atoms with E-state index in [1.54, 1.807) is 12.3 Å². The second-order valence-electron chi connectivity index (χ2n) is 4.05. The summed E-state index contributed by atoms with van der Waals surface area (Å²) in [5, 5.41) is 2.85. The van der Waals surface area contributed by atoms with Crippen molar-refractivity contribution in [3.8, 4) is 0 Å². The molecule has 4 N–H and O–H groups in total. The quantitative estimate of drug-likeness (QED) is 0.740. The molecular formula is C13H15N3O. The smallest absolute Gasteiger partial charge is 0.272 e. The highest BCUT2D eigenvalue weighted by Crippen LogP contribution is 2.18. The molecule has 4 nitrogen and oxygen atoms in total. The molecule has 0 atom stereocenters. The maximum absolute atomic E-state index is 11.9. The highest BCUT2D eigenvalue weighted by molar-refractivity contribution is 6.04. The van der Waals surface area contributed by atoms with E-state index in [2.05, 4.69) is 10.3 Å². The number of aromatic nitrogens is 1. The van der Waals surface area contributed by atoms with Gasteiger partial charge in [-0.2, -0.15) is 0 Å². The van der Waals surface area contributed by atoms with Crippen molar-refractivity contribution in [2.24, 2.45) is 0 Å². The summed E-state index contributed by atoms with van der Waals surface area (Å²) in [4.78, 5) is 14.7. The molecule has 0 spiro atoms. The zero-order valence-corrected chi connectivity index (χ0v) is 9.87. The Bertz CT molecular complexity index is 558. The standard InChI is InChI=1S/C13H15N3O/c1-8-4-3-5-11(9(8)2)16-13(17)12-6-10(14)7-15-12/h3-7,15H,14H2,1-2H3,(H,16,17). The summed E-state index contributed by atoms with van der Waals surface area (Å²) in [6.07, 6.45) is 1.60. The van der Waals surface area contributed by atoms with Crippen LogP contribution in [-0.2, 0) is 0 Å².